The zero-order valence-corrected chi connectivity index (χ0v) is 25.2. The van der Waals surface area contributed by atoms with Gasteiger partial charge in [0.1, 0.15) is 11.0 Å². The van der Waals surface area contributed by atoms with E-state index in [1.807, 2.05) is 0 Å². The molecule has 2 amide bonds. The number of phenolic OH excluding ortho intramolecular Hbond substituents is 1. The fraction of sp³-hybridized carbons (Fsp3) is 0.259. The van der Waals surface area contributed by atoms with Crippen LogP contribution < -0.4 is 10.6 Å². The van der Waals surface area contributed by atoms with Gasteiger partial charge in [0.2, 0.25) is 5.91 Å². The van der Waals surface area contributed by atoms with Gasteiger partial charge in [-0.3, -0.25) is 9.59 Å². The zero-order valence-electron chi connectivity index (χ0n) is 21.3. The third-order valence-electron chi connectivity index (χ3n) is 5.55. The molecule has 3 aromatic rings. The van der Waals surface area contributed by atoms with Gasteiger partial charge >= 0.3 is 0 Å². The summed E-state index contributed by atoms with van der Waals surface area (Å²) in [5.41, 5.74) is 0.157. The molecule has 0 heterocycles. The average molecular weight is 630 g/mol. The molecular formula is C27H27Cl3N2O5S2. The minimum Gasteiger partial charge on any atom is -0.506 e. The quantitative estimate of drug-likeness (QED) is 0.158. The van der Waals surface area contributed by atoms with Crippen LogP contribution in [0.25, 0.3) is 0 Å². The number of benzene rings is 3. The lowest BCUT2D eigenvalue weighted by molar-refractivity contribution is -0.115. The Kier molecular flexibility index (Phi) is 10.6. The third kappa shape index (κ3) is 7.83. The first-order chi connectivity index (χ1) is 18.3. The van der Waals surface area contributed by atoms with E-state index in [-0.39, 0.29) is 43.3 Å². The molecule has 0 spiro atoms. The number of anilines is 2. The zero-order chi connectivity index (χ0) is 28.9. The van der Waals surface area contributed by atoms with Crippen molar-refractivity contribution in [1.29, 1.82) is 0 Å². The summed E-state index contributed by atoms with van der Waals surface area (Å²) in [7, 11) is -4.01. The first-order valence-electron chi connectivity index (χ1n) is 11.9. The van der Waals surface area contributed by atoms with Gasteiger partial charge in [-0.1, -0.05) is 55.6 Å². The molecular weight excluding hydrogens is 603 g/mol. The molecule has 3 rings (SSSR count). The third-order valence-corrected chi connectivity index (χ3v) is 10.3. The summed E-state index contributed by atoms with van der Waals surface area (Å²) in [5, 5.41) is 14.5. The Hall–Kier alpha value is -2.43. The van der Waals surface area contributed by atoms with Crippen LogP contribution in [0.1, 0.15) is 37.6 Å². The van der Waals surface area contributed by atoms with E-state index >= 15 is 0 Å². The fourth-order valence-electron chi connectivity index (χ4n) is 3.50. The van der Waals surface area contributed by atoms with Crippen molar-refractivity contribution in [2.45, 2.75) is 42.2 Å². The number of thioether (sulfide) groups is 1. The second-order valence-electron chi connectivity index (χ2n) is 9.04. The van der Waals surface area contributed by atoms with Crippen LogP contribution in [0, 0.1) is 5.92 Å². The maximum atomic E-state index is 13.3. The van der Waals surface area contributed by atoms with Crippen LogP contribution >= 0.6 is 46.6 Å². The Balaban J connectivity index is 1.76. The maximum absolute atomic E-state index is 13.3. The highest BCUT2D eigenvalue weighted by Gasteiger charge is 2.33. The molecule has 7 nitrogen and oxygen atoms in total. The van der Waals surface area contributed by atoms with Crippen molar-refractivity contribution in [3.63, 3.8) is 0 Å². The average Bonchev–Trinajstić information content (AvgIpc) is 2.87. The normalized spacial score (nSPS) is 12.3. The van der Waals surface area contributed by atoms with Gasteiger partial charge in [0.05, 0.1) is 31.3 Å². The van der Waals surface area contributed by atoms with Crippen LogP contribution in [0.15, 0.2) is 64.4 Å². The first-order valence-corrected chi connectivity index (χ1v) is 15.6. The molecule has 0 radical (unpaired) electrons. The lowest BCUT2D eigenvalue weighted by atomic mass is 10.2. The van der Waals surface area contributed by atoms with Crippen molar-refractivity contribution < 1.29 is 23.1 Å². The van der Waals surface area contributed by atoms with Gasteiger partial charge in [-0.25, -0.2) is 8.42 Å². The summed E-state index contributed by atoms with van der Waals surface area (Å²) in [4.78, 5) is 26.6. The summed E-state index contributed by atoms with van der Waals surface area (Å²) in [5.74, 6) is -0.385. The van der Waals surface area contributed by atoms with Crippen LogP contribution in [-0.4, -0.2) is 36.3 Å². The van der Waals surface area contributed by atoms with Crippen molar-refractivity contribution in [3.05, 3.63) is 75.2 Å². The summed E-state index contributed by atoms with van der Waals surface area (Å²) < 4.78 is 26.5. The molecule has 0 saturated carbocycles. The van der Waals surface area contributed by atoms with Crippen molar-refractivity contribution in [2.24, 2.45) is 5.92 Å². The fourth-order valence-corrected chi connectivity index (χ4v) is 6.49. The Morgan fingerprint density at radius 2 is 1.56 bits per heavy atom. The highest BCUT2D eigenvalue weighted by Crippen LogP contribution is 2.35. The molecule has 39 heavy (non-hydrogen) atoms. The predicted octanol–water partition coefficient (Wildman–Crippen LogP) is 7.54. The molecule has 0 aliphatic rings. The molecule has 0 aliphatic carbocycles. The van der Waals surface area contributed by atoms with E-state index in [0.29, 0.717) is 5.92 Å². The molecule has 0 aliphatic heterocycles. The Morgan fingerprint density at radius 3 is 2.15 bits per heavy atom. The largest absolute Gasteiger partial charge is 0.506 e. The maximum Gasteiger partial charge on any atom is 0.255 e. The SMILES string of the molecule is CCC(C(=O)Nc1cc(O)c(NC(=O)c2ccc(Cl)c(Cl)c2)cc1Cl)S(=O)(=O)c1ccc(SCC(C)C)cc1. The second kappa shape index (κ2) is 13.3. The number of carbonyl (C=O) groups is 2. The molecule has 0 fully saturated rings. The number of aromatic hydroxyl groups is 1. The Labute approximate surface area is 247 Å². The number of hydrogen-bond acceptors (Lipinski definition) is 6. The van der Waals surface area contributed by atoms with Crippen LogP contribution in [0.2, 0.25) is 15.1 Å². The number of sulfone groups is 1. The molecule has 208 valence electrons. The van der Waals surface area contributed by atoms with Crippen molar-refractivity contribution >= 4 is 79.6 Å². The van der Waals surface area contributed by atoms with Gasteiger partial charge in [-0.05, 0) is 60.9 Å². The van der Waals surface area contributed by atoms with Gasteiger partial charge in [-0.2, -0.15) is 0 Å². The number of hydrogen-bond donors (Lipinski definition) is 3. The smallest absolute Gasteiger partial charge is 0.255 e. The first kappa shape index (κ1) is 31.1. The number of amides is 2. The van der Waals surface area contributed by atoms with Crippen LogP contribution in [0.5, 0.6) is 5.75 Å². The summed E-state index contributed by atoms with van der Waals surface area (Å²) >= 11 is 19.8. The van der Waals surface area contributed by atoms with Gasteiger partial charge in [0.15, 0.2) is 9.84 Å². The summed E-state index contributed by atoms with van der Waals surface area (Å²) in [6.07, 6.45) is 0.0133. The molecule has 0 bridgehead atoms. The lowest BCUT2D eigenvalue weighted by Crippen LogP contribution is -2.34. The molecule has 12 heteroatoms. The van der Waals surface area contributed by atoms with E-state index in [0.717, 1.165) is 16.7 Å². The van der Waals surface area contributed by atoms with E-state index in [9.17, 15) is 23.1 Å². The van der Waals surface area contributed by atoms with Gasteiger partial charge in [0.25, 0.3) is 5.91 Å². The van der Waals surface area contributed by atoms with E-state index in [4.69, 9.17) is 34.8 Å². The predicted molar refractivity (Wildman–Crippen MR) is 159 cm³/mol. The van der Waals surface area contributed by atoms with E-state index in [1.54, 1.807) is 30.8 Å². The standard InChI is InChI=1S/C27H27Cl3N2O5S2/c1-4-25(39(36,37)18-8-6-17(7-9-18)38-14-15(2)3)27(35)31-22-13-24(33)23(12-21(22)30)32-26(34)16-5-10-19(28)20(29)11-16/h5-13,15,25,33H,4,14H2,1-3H3,(H,31,35)(H,32,34). The van der Waals surface area contributed by atoms with Crippen LogP contribution in [-0.2, 0) is 14.6 Å². The minimum atomic E-state index is -4.01. The van der Waals surface area contributed by atoms with Crippen molar-refractivity contribution in [1.82, 2.24) is 0 Å². The number of halogens is 3. The van der Waals surface area contributed by atoms with Gasteiger partial charge in [-0.15, -0.1) is 11.8 Å². The number of nitrogens with one attached hydrogen (secondary N) is 2. The van der Waals surface area contributed by atoms with Gasteiger partial charge < -0.3 is 15.7 Å². The molecule has 0 aromatic heterocycles. The molecule has 1 atom stereocenters. The number of carbonyl (C=O) groups excluding carboxylic acids is 2. The lowest BCUT2D eigenvalue weighted by Gasteiger charge is -2.18. The van der Waals surface area contributed by atoms with E-state index in [1.165, 1.54) is 36.4 Å². The molecule has 3 aromatic carbocycles. The van der Waals surface area contributed by atoms with E-state index in [2.05, 4.69) is 24.5 Å². The topological polar surface area (TPSA) is 113 Å². The Bertz CT molecular complexity index is 1480. The van der Waals surface area contributed by atoms with E-state index < -0.39 is 32.7 Å². The summed E-state index contributed by atoms with van der Waals surface area (Å²) in [6.45, 7) is 5.79. The number of rotatable bonds is 10. The monoisotopic (exact) mass is 628 g/mol. The second-order valence-corrected chi connectivity index (χ2v) is 13.5. The van der Waals surface area contributed by atoms with Crippen molar-refractivity contribution in [2.75, 3.05) is 16.4 Å². The Morgan fingerprint density at radius 1 is 0.897 bits per heavy atom. The highest BCUT2D eigenvalue weighted by atomic mass is 35.5. The molecule has 3 N–H and O–H groups in total. The highest BCUT2D eigenvalue weighted by molar-refractivity contribution is 7.99. The number of phenols is 1. The van der Waals surface area contributed by atoms with Crippen LogP contribution in [0.3, 0.4) is 0 Å². The van der Waals surface area contributed by atoms with Crippen molar-refractivity contribution in [3.8, 4) is 5.75 Å². The molecule has 1 unspecified atom stereocenters. The minimum absolute atomic E-state index is 0.0132. The van der Waals surface area contributed by atoms with Crippen LogP contribution in [0.4, 0.5) is 11.4 Å². The summed E-state index contributed by atoms with van der Waals surface area (Å²) in [6, 6.07) is 13.1. The van der Waals surface area contributed by atoms with Gasteiger partial charge in [0, 0.05) is 22.3 Å². The molecule has 0 saturated heterocycles.